The summed E-state index contributed by atoms with van der Waals surface area (Å²) in [6.07, 6.45) is 1.77. The maximum atomic E-state index is 5.96. The Morgan fingerprint density at radius 3 is 1.87 bits per heavy atom. The highest BCUT2D eigenvalue weighted by Gasteiger charge is 2.07. The van der Waals surface area contributed by atoms with E-state index in [1.165, 1.54) is 11.1 Å². The van der Waals surface area contributed by atoms with Crippen LogP contribution in [0.3, 0.4) is 0 Å². The number of aliphatic imine (C=N–C) groups is 1. The Bertz CT molecular complexity index is 1150. The van der Waals surface area contributed by atoms with Crippen LogP contribution in [0.15, 0.2) is 137 Å². The third-order valence-corrected chi connectivity index (χ3v) is 5.73. The number of para-hydroxylation sites is 1. The number of nitrogens with zero attached hydrogens (tertiary/aromatic N) is 1. The minimum Gasteiger partial charge on any atom is -0.465 e. The Kier molecular flexibility index (Phi) is 6.99. The van der Waals surface area contributed by atoms with Gasteiger partial charge in [-0.3, -0.25) is 0 Å². The number of hydrogen-bond acceptors (Lipinski definition) is 3. The number of hydrogen-bond donors (Lipinski definition) is 0. The molecule has 0 N–H and O–H groups in total. The van der Waals surface area contributed by atoms with Crippen molar-refractivity contribution < 1.29 is 4.74 Å². The van der Waals surface area contributed by atoms with Crippen molar-refractivity contribution in [2.75, 3.05) is 0 Å². The smallest absolute Gasteiger partial charge is 0.126 e. The molecule has 31 heavy (non-hydrogen) atoms. The molecule has 0 aliphatic rings. The van der Waals surface area contributed by atoms with E-state index >= 15 is 0 Å². The van der Waals surface area contributed by atoms with Crippen molar-refractivity contribution in [1.29, 1.82) is 0 Å². The lowest BCUT2D eigenvalue weighted by Crippen LogP contribution is -1.97. The maximum Gasteiger partial charge on any atom is 0.126 e. The van der Waals surface area contributed by atoms with E-state index in [1.807, 2.05) is 85.8 Å². The minimum atomic E-state index is 0.794. The van der Waals surface area contributed by atoms with Gasteiger partial charge in [0, 0.05) is 10.5 Å². The van der Waals surface area contributed by atoms with Crippen LogP contribution in [0.1, 0.15) is 6.92 Å². The maximum absolute atomic E-state index is 5.96. The highest BCUT2D eigenvalue weighted by Crippen LogP contribution is 2.27. The Labute approximate surface area is 188 Å². The normalized spacial score (nSPS) is 11.9. The summed E-state index contributed by atoms with van der Waals surface area (Å²) in [4.78, 5) is 5.99. The first kappa shape index (κ1) is 20.7. The molecule has 0 aromatic heterocycles. The van der Waals surface area contributed by atoms with Crippen molar-refractivity contribution in [2.45, 2.75) is 11.8 Å². The van der Waals surface area contributed by atoms with Crippen molar-refractivity contribution in [1.82, 2.24) is 0 Å². The molecular formula is C28H23NOS. The van der Waals surface area contributed by atoms with Crippen LogP contribution in [0, 0.1) is 0 Å². The third-order valence-electron chi connectivity index (χ3n) is 4.62. The highest BCUT2D eigenvalue weighted by atomic mass is 32.2. The number of ether oxygens (including phenoxy) is 1. The SMILES string of the molecule is C/C(=C\Oc1ccc(-c2ccccc2)cc1)C(=Nc1ccccc1)Sc1ccccc1. The minimum absolute atomic E-state index is 0.794. The van der Waals surface area contributed by atoms with Gasteiger partial charge in [-0.25, -0.2) is 4.99 Å². The van der Waals surface area contributed by atoms with E-state index in [2.05, 4.69) is 36.4 Å². The van der Waals surface area contributed by atoms with Gasteiger partial charge in [0.2, 0.25) is 0 Å². The largest absolute Gasteiger partial charge is 0.465 e. The van der Waals surface area contributed by atoms with Gasteiger partial charge in [-0.2, -0.15) is 0 Å². The van der Waals surface area contributed by atoms with Gasteiger partial charge in [0.25, 0.3) is 0 Å². The van der Waals surface area contributed by atoms with Crippen LogP contribution in [0.4, 0.5) is 5.69 Å². The molecule has 0 aliphatic heterocycles. The van der Waals surface area contributed by atoms with Gasteiger partial charge in [0.05, 0.1) is 11.9 Å². The lowest BCUT2D eigenvalue weighted by molar-refractivity contribution is 0.478. The quantitative estimate of drug-likeness (QED) is 0.136. The van der Waals surface area contributed by atoms with Crippen LogP contribution in [0.25, 0.3) is 11.1 Å². The van der Waals surface area contributed by atoms with Gasteiger partial charge in [0.15, 0.2) is 0 Å². The summed E-state index contributed by atoms with van der Waals surface area (Å²) in [6, 6.07) is 38.7. The van der Waals surface area contributed by atoms with E-state index in [1.54, 1.807) is 18.0 Å². The fourth-order valence-electron chi connectivity index (χ4n) is 2.97. The Morgan fingerprint density at radius 1 is 0.677 bits per heavy atom. The summed E-state index contributed by atoms with van der Waals surface area (Å²) in [5, 5.41) is 0.901. The molecule has 0 radical (unpaired) electrons. The molecule has 0 fully saturated rings. The molecule has 0 heterocycles. The van der Waals surface area contributed by atoms with Crippen molar-refractivity contribution in [3.8, 4) is 16.9 Å². The molecule has 0 atom stereocenters. The second-order valence-electron chi connectivity index (χ2n) is 6.98. The van der Waals surface area contributed by atoms with E-state index in [0.717, 1.165) is 26.9 Å². The molecule has 4 rings (SSSR count). The second kappa shape index (κ2) is 10.5. The van der Waals surface area contributed by atoms with Crippen LogP contribution < -0.4 is 4.74 Å². The average Bonchev–Trinajstić information content (AvgIpc) is 2.84. The summed E-state index contributed by atoms with van der Waals surface area (Å²) in [5.41, 5.74) is 4.24. The number of thioether (sulfide) groups is 1. The topological polar surface area (TPSA) is 21.6 Å². The summed E-state index contributed by atoms with van der Waals surface area (Å²) in [5.74, 6) is 0.794. The molecule has 3 heteroatoms. The Morgan fingerprint density at radius 2 is 1.23 bits per heavy atom. The van der Waals surface area contributed by atoms with E-state index < -0.39 is 0 Å². The highest BCUT2D eigenvalue weighted by molar-refractivity contribution is 8.14. The van der Waals surface area contributed by atoms with E-state index in [0.29, 0.717) is 0 Å². The summed E-state index contributed by atoms with van der Waals surface area (Å²) < 4.78 is 5.96. The molecule has 0 unspecified atom stereocenters. The van der Waals surface area contributed by atoms with Crippen molar-refractivity contribution >= 4 is 22.5 Å². The van der Waals surface area contributed by atoms with Gasteiger partial charge >= 0.3 is 0 Å². The Hall–Kier alpha value is -3.56. The van der Waals surface area contributed by atoms with Gasteiger partial charge in [-0.05, 0) is 54.4 Å². The van der Waals surface area contributed by atoms with Crippen LogP contribution >= 0.6 is 11.8 Å². The zero-order valence-corrected chi connectivity index (χ0v) is 18.1. The van der Waals surface area contributed by atoms with Gasteiger partial charge in [-0.1, -0.05) is 90.6 Å². The first-order valence-electron chi connectivity index (χ1n) is 10.1. The molecule has 2 nitrogen and oxygen atoms in total. The summed E-state index contributed by atoms with van der Waals surface area (Å²) in [6.45, 7) is 2.02. The van der Waals surface area contributed by atoms with Gasteiger partial charge in [-0.15, -0.1) is 0 Å². The lowest BCUT2D eigenvalue weighted by atomic mass is 10.1. The van der Waals surface area contributed by atoms with Crippen LogP contribution in [-0.2, 0) is 0 Å². The van der Waals surface area contributed by atoms with Gasteiger partial charge < -0.3 is 4.74 Å². The first-order valence-corrected chi connectivity index (χ1v) is 11.0. The molecular weight excluding hydrogens is 398 g/mol. The zero-order valence-electron chi connectivity index (χ0n) is 17.3. The molecule has 0 saturated carbocycles. The van der Waals surface area contributed by atoms with E-state index in [9.17, 15) is 0 Å². The Balaban J connectivity index is 1.53. The summed E-state index contributed by atoms with van der Waals surface area (Å²) >= 11 is 1.63. The van der Waals surface area contributed by atoms with Crippen LogP contribution in [-0.4, -0.2) is 5.04 Å². The first-order chi connectivity index (χ1) is 15.3. The van der Waals surface area contributed by atoms with E-state index in [4.69, 9.17) is 9.73 Å². The van der Waals surface area contributed by atoms with Crippen molar-refractivity contribution in [3.05, 3.63) is 127 Å². The monoisotopic (exact) mass is 421 g/mol. The molecule has 4 aromatic carbocycles. The molecule has 152 valence electrons. The van der Waals surface area contributed by atoms with Gasteiger partial charge in [0.1, 0.15) is 10.8 Å². The second-order valence-corrected chi connectivity index (χ2v) is 8.04. The molecule has 0 aliphatic carbocycles. The standard InChI is InChI=1S/C28H23NOS/c1-22(21-30-26-19-17-24(18-20-26)23-11-5-2-6-12-23)28(29-25-13-7-3-8-14-25)31-27-15-9-4-10-16-27/h2-21H,1H3/b22-21+,29-28?. The predicted molar refractivity (Wildman–Crippen MR) is 132 cm³/mol. The molecule has 0 amide bonds. The fraction of sp³-hybridized carbons (Fsp3) is 0.0357. The lowest BCUT2D eigenvalue weighted by Gasteiger charge is -2.09. The number of rotatable bonds is 6. The fourth-order valence-corrected chi connectivity index (χ4v) is 3.85. The molecule has 0 saturated heterocycles. The van der Waals surface area contributed by atoms with Crippen molar-refractivity contribution in [2.24, 2.45) is 4.99 Å². The third kappa shape index (κ3) is 5.97. The predicted octanol–water partition coefficient (Wildman–Crippen LogP) is 8.16. The number of benzene rings is 4. The van der Waals surface area contributed by atoms with Crippen LogP contribution in [0.5, 0.6) is 5.75 Å². The van der Waals surface area contributed by atoms with Crippen molar-refractivity contribution in [3.63, 3.8) is 0 Å². The summed E-state index contributed by atoms with van der Waals surface area (Å²) in [7, 11) is 0. The van der Waals surface area contributed by atoms with Crippen LogP contribution in [0.2, 0.25) is 0 Å². The molecule has 4 aromatic rings. The molecule has 0 spiro atoms. The van der Waals surface area contributed by atoms with E-state index in [-0.39, 0.29) is 0 Å². The zero-order chi connectivity index (χ0) is 21.3. The average molecular weight is 422 g/mol. The molecule has 0 bridgehead atoms.